The third kappa shape index (κ3) is 4.04. The van der Waals surface area contributed by atoms with E-state index in [1.54, 1.807) is 0 Å². The molecule has 0 amide bonds. The molecule has 3 aromatic heterocycles. The Hall–Kier alpha value is -3.44. The van der Waals surface area contributed by atoms with Crippen LogP contribution < -0.4 is 11.5 Å². The molecule has 0 fully saturated rings. The molecule has 7 nitrogen and oxygen atoms in total. The van der Waals surface area contributed by atoms with Gasteiger partial charge in [-0.05, 0) is 55.5 Å². The van der Waals surface area contributed by atoms with Crippen LogP contribution in [0.15, 0.2) is 36.8 Å². The molecule has 1 unspecified atom stereocenters. The maximum Gasteiger partial charge on any atom is 0.145 e. The Morgan fingerprint density at radius 2 is 1.97 bits per heavy atom. The van der Waals surface area contributed by atoms with Crippen LogP contribution in [-0.4, -0.2) is 19.5 Å². The van der Waals surface area contributed by atoms with E-state index in [0.717, 1.165) is 16.6 Å². The largest absolute Gasteiger partial charge is 0.383 e. The standard InChI is InChI=1S/C23H23ClFN7/c1-2-23(12-26,6-8-32-7-4-15-20(27)29-13-30-22(15)32)5-3-14-9-18(25)16-11-17(24)21(28)31-19(16)10-14/h4,7,9-11,13H,2-3,5-6,8H2,1H3,(H2,28,31)(H2,27,29,30). The number of anilines is 2. The van der Waals surface area contributed by atoms with Crippen LogP contribution in [0.25, 0.3) is 21.9 Å². The van der Waals surface area contributed by atoms with Crippen LogP contribution in [0.5, 0.6) is 0 Å². The second-order valence-electron chi connectivity index (χ2n) is 8.00. The van der Waals surface area contributed by atoms with Crippen molar-refractivity contribution in [3.05, 3.63) is 53.2 Å². The number of nitrogens with zero attached hydrogens (tertiary/aromatic N) is 5. The van der Waals surface area contributed by atoms with Crippen molar-refractivity contribution in [2.24, 2.45) is 5.41 Å². The lowest BCUT2D eigenvalue weighted by Crippen LogP contribution is -2.21. The number of pyridine rings is 1. The zero-order valence-electron chi connectivity index (χ0n) is 17.6. The molecule has 0 aliphatic heterocycles. The molecule has 4 aromatic rings. The summed E-state index contributed by atoms with van der Waals surface area (Å²) in [6.07, 6.45) is 5.78. The Morgan fingerprint density at radius 1 is 1.16 bits per heavy atom. The van der Waals surface area contributed by atoms with Crippen LogP contribution in [-0.2, 0) is 13.0 Å². The van der Waals surface area contributed by atoms with Gasteiger partial charge in [0.1, 0.15) is 29.4 Å². The predicted octanol–water partition coefficient (Wildman–Crippen LogP) is 4.88. The van der Waals surface area contributed by atoms with Crippen LogP contribution in [0, 0.1) is 22.6 Å². The monoisotopic (exact) mass is 451 g/mol. The molecule has 0 spiro atoms. The number of hydrogen-bond acceptors (Lipinski definition) is 6. The van der Waals surface area contributed by atoms with Gasteiger partial charge in [0, 0.05) is 18.1 Å². The van der Waals surface area contributed by atoms with E-state index < -0.39 is 11.2 Å². The summed E-state index contributed by atoms with van der Waals surface area (Å²) in [6.45, 7) is 2.62. The topological polar surface area (TPSA) is 119 Å². The lowest BCUT2D eigenvalue weighted by atomic mass is 9.78. The molecule has 9 heteroatoms. The highest BCUT2D eigenvalue weighted by molar-refractivity contribution is 6.33. The lowest BCUT2D eigenvalue weighted by Gasteiger charge is -2.25. The van der Waals surface area contributed by atoms with E-state index in [4.69, 9.17) is 23.1 Å². The number of nitrogens with two attached hydrogens (primary N) is 2. The van der Waals surface area contributed by atoms with Crippen LogP contribution in [0.2, 0.25) is 5.02 Å². The molecular weight excluding hydrogens is 429 g/mol. The van der Waals surface area contributed by atoms with E-state index in [0.29, 0.717) is 48.9 Å². The van der Waals surface area contributed by atoms with Gasteiger partial charge in [-0.2, -0.15) is 5.26 Å². The van der Waals surface area contributed by atoms with Crippen molar-refractivity contribution in [1.82, 2.24) is 19.5 Å². The number of nitrogen functional groups attached to an aromatic ring is 2. The number of rotatable bonds is 7. The fourth-order valence-electron chi connectivity index (χ4n) is 4.01. The number of fused-ring (bicyclic) bond motifs is 2. The highest BCUT2D eigenvalue weighted by Crippen LogP contribution is 2.34. The molecule has 4 rings (SSSR count). The first kappa shape index (κ1) is 21.8. The van der Waals surface area contributed by atoms with Gasteiger partial charge in [0.25, 0.3) is 0 Å². The number of benzene rings is 1. The molecule has 1 atom stereocenters. The first-order valence-corrected chi connectivity index (χ1v) is 10.7. The summed E-state index contributed by atoms with van der Waals surface area (Å²) < 4.78 is 16.6. The maximum absolute atomic E-state index is 14.6. The summed E-state index contributed by atoms with van der Waals surface area (Å²) in [7, 11) is 0. The summed E-state index contributed by atoms with van der Waals surface area (Å²) in [4.78, 5) is 12.5. The molecular formula is C23H23ClFN7. The molecule has 164 valence electrons. The predicted molar refractivity (Wildman–Crippen MR) is 124 cm³/mol. The van der Waals surface area contributed by atoms with E-state index in [9.17, 15) is 9.65 Å². The Kier molecular flexibility index (Phi) is 5.85. The first-order valence-electron chi connectivity index (χ1n) is 10.4. The molecule has 0 saturated heterocycles. The van der Waals surface area contributed by atoms with Crippen molar-refractivity contribution in [2.45, 2.75) is 39.2 Å². The van der Waals surface area contributed by atoms with Crippen LogP contribution in [0.3, 0.4) is 0 Å². The fourth-order valence-corrected chi connectivity index (χ4v) is 4.16. The van der Waals surface area contributed by atoms with Gasteiger partial charge in [-0.25, -0.2) is 19.3 Å². The van der Waals surface area contributed by atoms with Crippen molar-refractivity contribution >= 4 is 45.2 Å². The minimum atomic E-state index is -0.562. The number of halogens is 2. The Labute approximate surface area is 189 Å². The van der Waals surface area contributed by atoms with Gasteiger partial charge in [0.05, 0.1) is 27.4 Å². The average Bonchev–Trinajstić information content (AvgIpc) is 3.20. The molecule has 4 N–H and O–H groups in total. The Balaban J connectivity index is 1.53. The molecule has 0 aliphatic carbocycles. The zero-order valence-corrected chi connectivity index (χ0v) is 18.4. The normalized spacial score (nSPS) is 13.3. The highest BCUT2D eigenvalue weighted by Gasteiger charge is 2.28. The summed E-state index contributed by atoms with van der Waals surface area (Å²) in [5.74, 6) is 0.200. The molecule has 0 bridgehead atoms. The van der Waals surface area contributed by atoms with Gasteiger partial charge >= 0.3 is 0 Å². The van der Waals surface area contributed by atoms with Gasteiger partial charge in [0.15, 0.2) is 0 Å². The average molecular weight is 452 g/mol. The van der Waals surface area contributed by atoms with Crippen molar-refractivity contribution in [3.8, 4) is 6.07 Å². The third-order valence-electron chi connectivity index (χ3n) is 6.15. The van der Waals surface area contributed by atoms with Crippen LogP contribution in [0.1, 0.15) is 31.7 Å². The minimum absolute atomic E-state index is 0.166. The van der Waals surface area contributed by atoms with Crippen molar-refractivity contribution in [3.63, 3.8) is 0 Å². The second-order valence-corrected chi connectivity index (χ2v) is 8.41. The Bertz CT molecular complexity index is 1340. The SMILES string of the molecule is CCC(C#N)(CCc1cc(F)c2cc(Cl)c(N)nc2c1)CCn1ccc2c(N)ncnc21. The summed E-state index contributed by atoms with van der Waals surface area (Å²) in [5, 5.41) is 11.4. The van der Waals surface area contributed by atoms with E-state index in [1.807, 2.05) is 29.8 Å². The third-order valence-corrected chi connectivity index (χ3v) is 6.45. The van der Waals surface area contributed by atoms with E-state index in [2.05, 4.69) is 21.0 Å². The number of aromatic nitrogens is 4. The Morgan fingerprint density at radius 3 is 2.72 bits per heavy atom. The highest BCUT2D eigenvalue weighted by atomic mass is 35.5. The zero-order chi connectivity index (χ0) is 22.9. The molecule has 32 heavy (non-hydrogen) atoms. The van der Waals surface area contributed by atoms with Crippen molar-refractivity contribution in [2.75, 3.05) is 11.5 Å². The lowest BCUT2D eigenvalue weighted by molar-refractivity contribution is 0.305. The summed E-state index contributed by atoms with van der Waals surface area (Å²) in [6, 6.07) is 9.17. The smallest absolute Gasteiger partial charge is 0.145 e. The van der Waals surface area contributed by atoms with Gasteiger partial charge in [0.2, 0.25) is 0 Å². The van der Waals surface area contributed by atoms with Gasteiger partial charge in [-0.15, -0.1) is 0 Å². The summed E-state index contributed by atoms with van der Waals surface area (Å²) in [5.41, 5.74) is 13.1. The van der Waals surface area contributed by atoms with E-state index in [-0.39, 0.29) is 10.8 Å². The van der Waals surface area contributed by atoms with Gasteiger partial charge in [-0.3, -0.25) is 0 Å². The van der Waals surface area contributed by atoms with E-state index in [1.165, 1.54) is 18.5 Å². The van der Waals surface area contributed by atoms with Crippen LogP contribution in [0.4, 0.5) is 16.0 Å². The second kappa shape index (κ2) is 8.60. The van der Waals surface area contributed by atoms with Gasteiger partial charge < -0.3 is 16.0 Å². The molecule has 1 aromatic carbocycles. The minimum Gasteiger partial charge on any atom is -0.383 e. The first-order chi connectivity index (χ1) is 15.4. The number of hydrogen-bond donors (Lipinski definition) is 2. The molecule has 0 saturated carbocycles. The molecule has 0 aliphatic rings. The van der Waals surface area contributed by atoms with Crippen LogP contribution >= 0.6 is 11.6 Å². The molecule has 0 radical (unpaired) electrons. The van der Waals surface area contributed by atoms with Crippen molar-refractivity contribution < 1.29 is 4.39 Å². The van der Waals surface area contributed by atoms with Crippen molar-refractivity contribution in [1.29, 1.82) is 5.26 Å². The quantitative estimate of drug-likeness (QED) is 0.413. The number of nitriles is 1. The maximum atomic E-state index is 14.6. The van der Waals surface area contributed by atoms with E-state index >= 15 is 0 Å². The number of aryl methyl sites for hydroxylation is 2. The van der Waals surface area contributed by atoms with Gasteiger partial charge in [-0.1, -0.05) is 18.5 Å². The fraction of sp³-hybridized carbons (Fsp3) is 0.304. The summed E-state index contributed by atoms with van der Waals surface area (Å²) >= 11 is 5.97. The molecule has 3 heterocycles.